The SMILES string of the molecule is Cc1c(C(=O)O)cc(-c2cn(-c3ccc(C(F)(F)F)cc3)nn2)cc1-c1ccc(C2CCNCC2)cc1. The Bertz CT molecular complexity index is 1420. The summed E-state index contributed by atoms with van der Waals surface area (Å²) in [6.07, 6.45) is -0.677. The Hall–Kier alpha value is -3.98. The van der Waals surface area contributed by atoms with Gasteiger partial charge in [-0.2, -0.15) is 13.2 Å². The fraction of sp³-hybridized carbons (Fsp3) is 0.250. The number of carboxylic acid groups (broad SMARTS) is 1. The summed E-state index contributed by atoms with van der Waals surface area (Å²) >= 11 is 0. The van der Waals surface area contributed by atoms with Gasteiger partial charge in [0.05, 0.1) is 23.0 Å². The van der Waals surface area contributed by atoms with Gasteiger partial charge in [-0.1, -0.05) is 29.5 Å². The second-order valence-electron chi connectivity index (χ2n) is 9.24. The van der Waals surface area contributed by atoms with Gasteiger partial charge in [0.1, 0.15) is 5.69 Å². The van der Waals surface area contributed by atoms with E-state index in [4.69, 9.17) is 0 Å². The maximum atomic E-state index is 12.9. The van der Waals surface area contributed by atoms with Crippen molar-refractivity contribution in [2.75, 3.05) is 13.1 Å². The molecular weight excluding hydrogens is 481 g/mol. The predicted octanol–water partition coefficient (Wildman–Crippen LogP) is 6.09. The van der Waals surface area contributed by atoms with Crippen molar-refractivity contribution in [3.63, 3.8) is 0 Å². The lowest BCUT2D eigenvalue weighted by molar-refractivity contribution is -0.137. The van der Waals surface area contributed by atoms with Crippen LogP contribution in [0.15, 0.2) is 66.9 Å². The van der Waals surface area contributed by atoms with Crippen molar-refractivity contribution in [2.45, 2.75) is 31.9 Å². The van der Waals surface area contributed by atoms with E-state index in [9.17, 15) is 23.1 Å². The van der Waals surface area contributed by atoms with Gasteiger partial charge in [0.15, 0.2) is 0 Å². The summed E-state index contributed by atoms with van der Waals surface area (Å²) < 4.78 is 40.0. The van der Waals surface area contributed by atoms with E-state index in [1.54, 1.807) is 19.2 Å². The zero-order valence-corrected chi connectivity index (χ0v) is 20.1. The highest BCUT2D eigenvalue weighted by Gasteiger charge is 2.30. The summed E-state index contributed by atoms with van der Waals surface area (Å²) in [6, 6.07) is 16.3. The standard InChI is InChI=1S/C28H25F3N4O2/c1-17-24(20-4-2-18(3-5-20)19-10-12-32-13-11-19)14-21(15-25(17)27(36)37)26-16-35(34-33-26)23-8-6-22(7-9-23)28(29,30)31/h2-9,14-16,19,32H,10-13H2,1H3,(H,36,37). The molecule has 0 atom stereocenters. The molecule has 1 fully saturated rings. The number of halogens is 3. The zero-order valence-electron chi connectivity index (χ0n) is 20.1. The first-order valence-corrected chi connectivity index (χ1v) is 12.0. The van der Waals surface area contributed by atoms with Gasteiger partial charge >= 0.3 is 12.1 Å². The molecule has 0 aliphatic carbocycles. The van der Waals surface area contributed by atoms with E-state index >= 15 is 0 Å². The molecular formula is C28H25F3N4O2. The Morgan fingerprint density at radius 3 is 2.30 bits per heavy atom. The van der Waals surface area contributed by atoms with Gasteiger partial charge in [-0.25, -0.2) is 9.48 Å². The molecule has 2 N–H and O–H groups in total. The monoisotopic (exact) mass is 506 g/mol. The first-order valence-electron chi connectivity index (χ1n) is 12.0. The van der Waals surface area contributed by atoms with Crippen LogP contribution in [0.1, 0.15) is 45.8 Å². The molecule has 0 saturated carbocycles. The van der Waals surface area contributed by atoms with Crippen LogP contribution in [0.2, 0.25) is 0 Å². The van der Waals surface area contributed by atoms with Crippen molar-refractivity contribution in [1.29, 1.82) is 0 Å². The minimum Gasteiger partial charge on any atom is -0.478 e. The molecule has 0 bridgehead atoms. The topological polar surface area (TPSA) is 80.0 Å². The van der Waals surface area contributed by atoms with E-state index in [0.29, 0.717) is 28.4 Å². The van der Waals surface area contributed by atoms with Crippen molar-refractivity contribution in [3.05, 3.63) is 89.1 Å². The van der Waals surface area contributed by atoms with E-state index in [2.05, 4.69) is 27.8 Å². The summed E-state index contributed by atoms with van der Waals surface area (Å²) in [6.45, 7) is 3.79. The van der Waals surface area contributed by atoms with Crippen molar-refractivity contribution in [1.82, 2.24) is 20.3 Å². The molecule has 1 saturated heterocycles. The fourth-order valence-corrected chi connectivity index (χ4v) is 4.80. The molecule has 3 aromatic carbocycles. The van der Waals surface area contributed by atoms with Crippen LogP contribution < -0.4 is 5.32 Å². The lowest BCUT2D eigenvalue weighted by Crippen LogP contribution is -2.26. The highest BCUT2D eigenvalue weighted by atomic mass is 19.4. The molecule has 0 unspecified atom stereocenters. The Morgan fingerprint density at radius 1 is 1.00 bits per heavy atom. The van der Waals surface area contributed by atoms with Gasteiger partial charge in [0.25, 0.3) is 0 Å². The normalized spacial score (nSPS) is 14.6. The average molecular weight is 507 g/mol. The highest BCUT2D eigenvalue weighted by Crippen LogP contribution is 2.34. The van der Waals surface area contributed by atoms with Crippen LogP contribution in [-0.2, 0) is 6.18 Å². The molecule has 1 aliphatic rings. The minimum absolute atomic E-state index is 0.152. The lowest BCUT2D eigenvalue weighted by atomic mass is 9.88. The van der Waals surface area contributed by atoms with E-state index in [1.807, 2.05) is 18.2 Å². The van der Waals surface area contributed by atoms with Crippen LogP contribution >= 0.6 is 0 Å². The second-order valence-corrected chi connectivity index (χ2v) is 9.24. The van der Waals surface area contributed by atoms with Crippen LogP contribution in [0.25, 0.3) is 28.1 Å². The fourth-order valence-electron chi connectivity index (χ4n) is 4.80. The largest absolute Gasteiger partial charge is 0.478 e. The number of aromatic carboxylic acids is 1. The molecule has 2 heterocycles. The molecule has 6 nitrogen and oxygen atoms in total. The molecule has 4 aromatic rings. The number of aromatic nitrogens is 3. The van der Waals surface area contributed by atoms with Gasteiger partial charge in [-0.05, 0) is 97.4 Å². The Morgan fingerprint density at radius 2 is 1.68 bits per heavy atom. The van der Waals surface area contributed by atoms with E-state index in [-0.39, 0.29) is 5.56 Å². The van der Waals surface area contributed by atoms with Crippen LogP contribution in [0.5, 0.6) is 0 Å². The van der Waals surface area contributed by atoms with Gasteiger partial charge in [-0.15, -0.1) is 5.10 Å². The van der Waals surface area contributed by atoms with Crippen molar-refractivity contribution >= 4 is 5.97 Å². The number of piperidine rings is 1. The highest BCUT2D eigenvalue weighted by molar-refractivity contribution is 5.94. The zero-order chi connectivity index (χ0) is 26.2. The Kier molecular flexibility index (Phi) is 6.55. The number of rotatable bonds is 5. The minimum atomic E-state index is -4.43. The summed E-state index contributed by atoms with van der Waals surface area (Å²) in [5.74, 6) is -0.542. The van der Waals surface area contributed by atoms with Crippen molar-refractivity contribution < 1.29 is 23.1 Å². The van der Waals surface area contributed by atoms with Gasteiger partial charge in [0.2, 0.25) is 0 Å². The summed E-state index contributed by atoms with van der Waals surface area (Å²) in [5.41, 5.74) is 4.36. The molecule has 0 amide bonds. The van der Waals surface area contributed by atoms with Crippen LogP contribution in [0.4, 0.5) is 13.2 Å². The number of hydrogen-bond acceptors (Lipinski definition) is 4. The maximum Gasteiger partial charge on any atom is 0.416 e. The second kappa shape index (κ2) is 9.82. The number of carboxylic acids is 1. The first-order chi connectivity index (χ1) is 17.7. The molecule has 0 radical (unpaired) electrons. The summed E-state index contributed by atoms with van der Waals surface area (Å²) in [7, 11) is 0. The number of carbonyl (C=O) groups is 1. The van der Waals surface area contributed by atoms with E-state index in [1.165, 1.54) is 22.4 Å². The molecule has 0 spiro atoms. The quantitative estimate of drug-likeness (QED) is 0.342. The molecule has 190 valence electrons. The summed E-state index contributed by atoms with van der Waals surface area (Å²) in [5, 5.41) is 21.4. The van der Waals surface area contributed by atoms with Crippen LogP contribution in [0.3, 0.4) is 0 Å². The van der Waals surface area contributed by atoms with Gasteiger partial charge in [0, 0.05) is 5.56 Å². The smallest absolute Gasteiger partial charge is 0.416 e. The maximum absolute atomic E-state index is 12.9. The molecule has 9 heteroatoms. The van der Waals surface area contributed by atoms with E-state index < -0.39 is 17.7 Å². The molecule has 5 rings (SSSR count). The first kappa shape index (κ1) is 24.7. The Labute approximate surface area is 211 Å². The van der Waals surface area contributed by atoms with Gasteiger partial charge in [-0.3, -0.25) is 0 Å². The number of alkyl halides is 3. The molecule has 1 aliphatic heterocycles. The third-order valence-electron chi connectivity index (χ3n) is 6.92. The van der Waals surface area contributed by atoms with Crippen LogP contribution in [0, 0.1) is 6.92 Å². The number of benzene rings is 3. The van der Waals surface area contributed by atoms with Gasteiger partial charge < -0.3 is 10.4 Å². The average Bonchev–Trinajstić information content (AvgIpc) is 3.39. The Balaban J connectivity index is 1.49. The van der Waals surface area contributed by atoms with Crippen molar-refractivity contribution in [3.8, 4) is 28.1 Å². The number of hydrogen-bond donors (Lipinski definition) is 2. The molecule has 1 aromatic heterocycles. The third-order valence-corrected chi connectivity index (χ3v) is 6.92. The number of nitrogens with one attached hydrogen (secondary N) is 1. The predicted molar refractivity (Wildman–Crippen MR) is 134 cm³/mol. The van der Waals surface area contributed by atoms with E-state index in [0.717, 1.165) is 49.2 Å². The summed E-state index contributed by atoms with van der Waals surface area (Å²) in [4.78, 5) is 12.1. The molecule has 37 heavy (non-hydrogen) atoms. The lowest BCUT2D eigenvalue weighted by Gasteiger charge is -2.23. The van der Waals surface area contributed by atoms with Crippen molar-refractivity contribution in [2.24, 2.45) is 0 Å². The number of nitrogens with zero attached hydrogens (tertiary/aromatic N) is 3. The third kappa shape index (κ3) is 5.13. The van der Waals surface area contributed by atoms with Crippen LogP contribution in [-0.4, -0.2) is 39.2 Å².